The fraction of sp³-hybridized carbons (Fsp3) is 0.375. The average Bonchev–Trinajstić information content (AvgIpc) is 2.57. The van der Waals surface area contributed by atoms with Crippen LogP contribution in [-0.4, -0.2) is 47.5 Å². The van der Waals surface area contributed by atoms with Gasteiger partial charge in [-0.15, -0.1) is 5.10 Å². The Balaban J connectivity index is 2.57. The van der Waals surface area contributed by atoms with Crippen molar-refractivity contribution in [3.8, 4) is 0 Å². The SMILES string of the molecule is CC(Nc1cnnc2c(C(F)(F)F)cc(C(F)(F)F)cc12)C(=O)/N=C/N(C)C. The number of benzene rings is 1. The Morgan fingerprint density at radius 1 is 1.18 bits per heavy atom. The second-order valence-electron chi connectivity index (χ2n) is 6.09. The number of aliphatic imine (C=N–C) groups is 1. The van der Waals surface area contributed by atoms with E-state index in [0.29, 0.717) is 6.07 Å². The number of nitrogens with one attached hydrogen (secondary N) is 1. The summed E-state index contributed by atoms with van der Waals surface area (Å²) in [5.74, 6) is -0.679. The number of rotatable bonds is 4. The van der Waals surface area contributed by atoms with Gasteiger partial charge < -0.3 is 10.2 Å². The second kappa shape index (κ2) is 7.60. The summed E-state index contributed by atoms with van der Waals surface area (Å²) in [6.45, 7) is 1.36. The molecule has 0 radical (unpaired) electrons. The molecule has 1 atom stereocenters. The summed E-state index contributed by atoms with van der Waals surface area (Å²) in [5, 5.41) is 8.84. The third-order valence-electron chi connectivity index (χ3n) is 3.54. The monoisotopic (exact) mass is 407 g/mol. The Bertz CT molecular complexity index is 907. The van der Waals surface area contributed by atoms with Gasteiger partial charge in [-0.25, -0.2) is 4.99 Å². The molecule has 1 heterocycles. The topological polar surface area (TPSA) is 70.5 Å². The van der Waals surface area contributed by atoms with Crippen molar-refractivity contribution < 1.29 is 31.1 Å². The van der Waals surface area contributed by atoms with Gasteiger partial charge in [0.05, 0.1) is 29.3 Å². The number of hydrogen-bond donors (Lipinski definition) is 1. The van der Waals surface area contributed by atoms with Crippen molar-refractivity contribution in [1.82, 2.24) is 15.1 Å². The number of aromatic nitrogens is 2. The molecule has 0 saturated heterocycles. The van der Waals surface area contributed by atoms with Crippen molar-refractivity contribution in [3.63, 3.8) is 0 Å². The molecule has 0 aliphatic rings. The summed E-state index contributed by atoms with van der Waals surface area (Å²) >= 11 is 0. The van der Waals surface area contributed by atoms with Crippen LogP contribution in [0.1, 0.15) is 18.1 Å². The number of amides is 1. The van der Waals surface area contributed by atoms with Crippen molar-refractivity contribution in [2.75, 3.05) is 19.4 Å². The van der Waals surface area contributed by atoms with E-state index in [0.717, 1.165) is 6.20 Å². The molecule has 0 fully saturated rings. The van der Waals surface area contributed by atoms with Crippen molar-refractivity contribution in [3.05, 3.63) is 29.5 Å². The van der Waals surface area contributed by atoms with Crippen LogP contribution in [0.3, 0.4) is 0 Å². The molecule has 0 spiro atoms. The molecule has 0 aliphatic heterocycles. The van der Waals surface area contributed by atoms with Crippen LogP contribution in [0, 0.1) is 0 Å². The molecule has 0 aliphatic carbocycles. The zero-order chi connectivity index (χ0) is 21.3. The highest BCUT2D eigenvalue weighted by Gasteiger charge is 2.39. The molecule has 1 unspecified atom stereocenters. The van der Waals surface area contributed by atoms with Crippen LogP contribution in [0.25, 0.3) is 10.9 Å². The van der Waals surface area contributed by atoms with Crippen LogP contribution < -0.4 is 5.32 Å². The lowest BCUT2D eigenvalue weighted by atomic mass is 10.0. The molecule has 2 rings (SSSR count). The molecule has 28 heavy (non-hydrogen) atoms. The second-order valence-corrected chi connectivity index (χ2v) is 6.09. The predicted octanol–water partition coefficient (Wildman–Crippen LogP) is 3.58. The van der Waals surface area contributed by atoms with Gasteiger partial charge in [0.1, 0.15) is 11.6 Å². The van der Waals surface area contributed by atoms with Gasteiger partial charge in [-0.3, -0.25) is 4.79 Å². The van der Waals surface area contributed by atoms with Gasteiger partial charge >= 0.3 is 12.4 Å². The highest BCUT2D eigenvalue weighted by Crippen LogP contribution is 2.40. The number of hydrogen-bond acceptors (Lipinski definition) is 4. The number of carbonyl (C=O) groups excluding carboxylic acids is 1. The fourth-order valence-corrected chi connectivity index (χ4v) is 2.24. The van der Waals surface area contributed by atoms with E-state index in [-0.39, 0.29) is 11.8 Å². The lowest BCUT2D eigenvalue weighted by molar-refractivity contribution is -0.142. The molecular formula is C16H15F6N5O. The molecule has 6 nitrogen and oxygen atoms in total. The summed E-state index contributed by atoms with van der Waals surface area (Å²) in [4.78, 5) is 17.1. The Labute approximate surface area is 155 Å². The van der Waals surface area contributed by atoms with Crippen molar-refractivity contribution in [2.45, 2.75) is 25.3 Å². The summed E-state index contributed by atoms with van der Waals surface area (Å²) in [7, 11) is 3.24. The lowest BCUT2D eigenvalue weighted by Gasteiger charge is -2.17. The average molecular weight is 407 g/mol. The predicted molar refractivity (Wildman–Crippen MR) is 89.8 cm³/mol. The van der Waals surface area contributed by atoms with E-state index in [2.05, 4.69) is 20.5 Å². The lowest BCUT2D eigenvalue weighted by Crippen LogP contribution is -2.26. The van der Waals surface area contributed by atoms with E-state index in [9.17, 15) is 31.1 Å². The van der Waals surface area contributed by atoms with Gasteiger partial charge in [-0.2, -0.15) is 31.4 Å². The van der Waals surface area contributed by atoms with E-state index < -0.39 is 46.3 Å². The molecular weight excluding hydrogens is 392 g/mol. The smallest absolute Gasteiger partial charge is 0.372 e. The number of nitrogens with zero attached hydrogens (tertiary/aromatic N) is 4. The van der Waals surface area contributed by atoms with Crippen LogP contribution in [-0.2, 0) is 17.1 Å². The molecule has 1 amide bonds. The van der Waals surface area contributed by atoms with Gasteiger partial charge in [-0.1, -0.05) is 0 Å². The Hall–Kier alpha value is -2.92. The van der Waals surface area contributed by atoms with E-state index in [1.807, 2.05) is 0 Å². The third-order valence-corrected chi connectivity index (χ3v) is 3.54. The Morgan fingerprint density at radius 3 is 2.36 bits per heavy atom. The first-order valence-electron chi connectivity index (χ1n) is 7.75. The van der Waals surface area contributed by atoms with E-state index >= 15 is 0 Å². The van der Waals surface area contributed by atoms with E-state index in [1.54, 1.807) is 14.1 Å². The zero-order valence-electron chi connectivity index (χ0n) is 14.9. The molecule has 1 N–H and O–H groups in total. The van der Waals surface area contributed by atoms with Crippen LogP contribution in [0.15, 0.2) is 23.3 Å². The standard InChI is InChI=1S/C16H15F6N5O/c1-8(14(28)23-7-27(2)3)25-12-6-24-26-13-10(12)4-9(15(17,18)19)5-11(13)16(20,21)22/h4-8H,1-3H3,(H,25,26)/b23-7+. The summed E-state index contributed by atoms with van der Waals surface area (Å²) in [6, 6.07) is -0.522. The zero-order valence-corrected chi connectivity index (χ0v) is 14.9. The summed E-state index contributed by atoms with van der Waals surface area (Å²) in [5.41, 5.74) is -4.03. The van der Waals surface area contributed by atoms with Gasteiger partial charge in [0, 0.05) is 19.5 Å². The molecule has 12 heteroatoms. The van der Waals surface area contributed by atoms with Crippen LogP contribution in [0.2, 0.25) is 0 Å². The van der Waals surface area contributed by atoms with E-state index in [4.69, 9.17) is 0 Å². The third kappa shape index (κ3) is 4.87. The van der Waals surface area contributed by atoms with Gasteiger partial charge in [0.2, 0.25) is 0 Å². The van der Waals surface area contributed by atoms with Crippen LogP contribution in [0.5, 0.6) is 0 Å². The first-order valence-corrected chi connectivity index (χ1v) is 7.75. The molecule has 1 aromatic carbocycles. The molecule has 2 aromatic rings. The maximum absolute atomic E-state index is 13.3. The number of halogens is 6. The Morgan fingerprint density at radius 2 is 1.82 bits per heavy atom. The number of carbonyl (C=O) groups is 1. The molecule has 0 bridgehead atoms. The normalized spacial score (nSPS) is 13.8. The van der Waals surface area contributed by atoms with Gasteiger partial charge in [0.25, 0.3) is 5.91 Å². The molecule has 1 aromatic heterocycles. The van der Waals surface area contributed by atoms with Crippen molar-refractivity contribution in [1.29, 1.82) is 0 Å². The fourth-order valence-electron chi connectivity index (χ4n) is 2.24. The largest absolute Gasteiger partial charge is 0.418 e. The van der Waals surface area contributed by atoms with Gasteiger partial charge in [-0.05, 0) is 19.1 Å². The van der Waals surface area contributed by atoms with Crippen LogP contribution in [0.4, 0.5) is 32.0 Å². The highest BCUT2D eigenvalue weighted by atomic mass is 19.4. The number of anilines is 1. The first-order chi connectivity index (χ1) is 12.8. The van der Waals surface area contributed by atoms with E-state index in [1.165, 1.54) is 18.2 Å². The quantitative estimate of drug-likeness (QED) is 0.477. The number of alkyl halides is 6. The first kappa shape index (κ1) is 21.4. The molecule has 0 saturated carbocycles. The maximum Gasteiger partial charge on any atom is 0.418 e. The maximum atomic E-state index is 13.3. The summed E-state index contributed by atoms with van der Waals surface area (Å²) < 4.78 is 79.0. The van der Waals surface area contributed by atoms with Crippen molar-refractivity contribution in [2.24, 2.45) is 4.99 Å². The minimum atomic E-state index is -5.08. The molecule has 152 valence electrons. The van der Waals surface area contributed by atoms with Crippen LogP contribution >= 0.6 is 0 Å². The highest BCUT2D eigenvalue weighted by molar-refractivity contribution is 5.96. The minimum Gasteiger partial charge on any atom is -0.372 e. The van der Waals surface area contributed by atoms with Gasteiger partial charge in [0.15, 0.2) is 0 Å². The Kier molecular flexibility index (Phi) is 5.80. The minimum absolute atomic E-state index is 0.0171. The summed E-state index contributed by atoms with van der Waals surface area (Å²) in [6.07, 6.45) is -7.93. The number of fused-ring (bicyclic) bond motifs is 1. The van der Waals surface area contributed by atoms with Crippen molar-refractivity contribution >= 4 is 28.8 Å².